The minimum absolute atomic E-state index is 0.471. The van der Waals surface area contributed by atoms with E-state index in [1.165, 1.54) is 37.7 Å². The van der Waals surface area contributed by atoms with Crippen LogP contribution in [-0.2, 0) is 0 Å². The van der Waals surface area contributed by atoms with E-state index in [4.69, 9.17) is 11.6 Å². The van der Waals surface area contributed by atoms with Crippen molar-refractivity contribution in [1.29, 1.82) is 0 Å². The van der Waals surface area contributed by atoms with Crippen molar-refractivity contribution in [3.05, 3.63) is 32.4 Å². The minimum atomic E-state index is 0.471. The zero-order valence-electron chi connectivity index (χ0n) is 12.0. The highest BCUT2D eigenvalue weighted by atomic mass is 127. The van der Waals surface area contributed by atoms with E-state index >= 15 is 0 Å². The van der Waals surface area contributed by atoms with E-state index in [0.29, 0.717) is 6.04 Å². The molecule has 0 spiro atoms. The van der Waals surface area contributed by atoms with E-state index in [1.807, 2.05) is 0 Å². The number of hydrogen-bond donors (Lipinski definition) is 1. The lowest BCUT2D eigenvalue weighted by molar-refractivity contribution is 0.280. The van der Waals surface area contributed by atoms with Gasteiger partial charge in [-0.15, -0.1) is 0 Å². The van der Waals surface area contributed by atoms with Crippen molar-refractivity contribution in [3.63, 3.8) is 0 Å². The first-order valence-electron chi connectivity index (χ1n) is 7.85. The van der Waals surface area contributed by atoms with Crippen LogP contribution in [0.4, 0.5) is 0 Å². The Labute approximate surface area is 141 Å². The normalized spacial score (nSPS) is 29.9. The molecule has 1 aromatic carbocycles. The first-order valence-corrected chi connectivity index (χ1v) is 9.31. The van der Waals surface area contributed by atoms with Gasteiger partial charge < -0.3 is 5.32 Å². The van der Waals surface area contributed by atoms with Crippen LogP contribution in [-0.4, -0.2) is 6.54 Å². The predicted octanol–water partition coefficient (Wildman–Crippen LogP) is 5.42. The average molecular weight is 404 g/mol. The van der Waals surface area contributed by atoms with E-state index < -0.39 is 0 Å². The van der Waals surface area contributed by atoms with Gasteiger partial charge in [0.25, 0.3) is 0 Å². The zero-order chi connectivity index (χ0) is 14.1. The Bertz CT molecular complexity index is 476. The third kappa shape index (κ3) is 3.17. The number of fused-ring (bicyclic) bond motifs is 2. The van der Waals surface area contributed by atoms with Crippen molar-refractivity contribution in [2.75, 3.05) is 6.54 Å². The van der Waals surface area contributed by atoms with Crippen molar-refractivity contribution in [3.8, 4) is 0 Å². The van der Waals surface area contributed by atoms with Crippen LogP contribution >= 0.6 is 34.2 Å². The monoisotopic (exact) mass is 403 g/mol. The van der Waals surface area contributed by atoms with Crippen molar-refractivity contribution < 1.29 is 0 Å². The molecule has 2 aliphatic carbocycles. The van der Waals surface area contributed by atoms with Gasteiger partial charge in [0, 0.05) is 9.61 Å². The molecule has 20 heavy (non-hydrogen) atoms. The van der Waals surface area contributed by atoms with Gasteiger partial charge in [-0.1, -0.05) is 31.0 Å². The highest BCUT2D eigenvalue weighted by molar-refractivity contribution is 14.1. The molecule has 2 bridgehead atoms. The molecule has 0 saturated heterocycles. The second kappa shape index (κ2) is 6.53. The zero-order valence-corrected chi connectivity index (χ0v) is 15.0. The van der Waals surface area contributed by atoms with E-state index in [2.05, 4.69) is 53.0 Å². The molecule has 3 heteroatoms. The number of halogens is 2. The molecule has 0 aliphatic heterocycles. The summed E-state index contributed by atoms with van der Waals surface area (Å²) in [5.41, 5.74) is 1.36. The van der Waals surface area contributed by atoms with Crippen LogP contribution in [0.25, 0.3) is 0 Å². The van der Waals surface area contributed by atoms with Gasteiger partial charge in [0.15, 0.2) is 0 Å². The third-order valence-corrected chi connectivity index (χ3v) is 6.79. The fourth-order valence-corrected chi connectivity index (χ4v) is 4.81. The smallest absolute Gasteiger partial charge is 0.0542 e. The van der Waals surface area contributed by atoms with Crippen LogP contribution < -0.4 is 5.32 Å². The standard InChI is InChI=1S/C17H23ClIN/c1-2-20-17(13-5-6-16(19)15(18)9-13)10-14-8-11-3-4-12(14)7-11/h5-6,9,11-12,14,17,20H,2-4,7-8,10H2,1H3. The highest BCUT2D eigenvalue weighted by Crippen LogP contribution is 2.51. The predicted molar refractivity (Wildman–Crippen MR) is 94.1 cm³/mol. The maximum atomic E-state index is 6.30. The molecule has 2 aliphatic rings. The third-order valence-electron chi connectivity index (χ3n) is 5.22. The van der Waals surface area contributed by atoms with Crippen molar-refractivity contribution in [1.82, 2.24) is 5.32 Å². The Kier molecular flexibility index (Phi) is 4.94. The summed E-state index contributed by atoms with van der Waals surface area (Å²) in [5, 5.41) is 4.56. The summed E-state index contributed by atoms with van der Waals surface area (Å²) < 4.78 is 1.14. The quantitative estimate of drug-likeness (QED) is 0.647. The first-order chi connectivity index (χ1) is 9.67. The molecular formula is C17H23ClIN. The summed E-state index contributed by atoms with van der Waals surface area (Å²) in [6, 6.07) is 7.01. The molecule has 0 amide bonds. The van der Waals surface area contributed by atoms with Gasteiger partial charge in [0.05, 0.1) is 5.02 Å². The number of benzene rings is 1. The lowest BCUT2D eigenvalue weighted by Crippen LogP contribution is -2.25. The Hall–Kier alpha value is 0.200. The second-order valence-electron chi connectivity index (χ2n) is 6.45. The number of rotatable bonds is 5. The SMILES string of the molecule is CCNC(CC1CC2CCC1C2)c1ccc(I)c(Cl)c1. The van der Waals surface area contributed by atoms with Gasteiger partial charge in [-0.2, -0.15) is 0 Å². The van der Waals surface area contributed by atoms with Gasteiger partial charge >= 0.3 is 0 Å². The molecule has 4 atom stereocenters. The van der Waals surface area contributed by atoms with E-state index in [-0.39, 0.29) is 0 Å². The van der Waals surface area contributed by atoms with Crippen molar-refractivity contribution in [2.45, 2.75) is 45.1 Å². The molecular weight excluding hydrogens is 381 g/mol. The summed E-state index contributed by atoms with van der Waals surface area (Å²) in [6.07, 6.45) is 7.21. The molecule has 1 nitrogen and oxygen atoms in total. The Balaban J connectivity index is 1.73. The maximum Gasteiger partial charge on any atom is 0.0542 e. The number of nitrogens with one attached hydrogen (secondary N) is 1. The van der Waals surface area contributed by atoms with Crippen LogP contribution in [0, 0.1) is 21.3 Å². The van der Waals surface area contributed by atoms with Crippen LogP contribution in [0.1, 0.15) is 50.6 Å². The molecule has 1 aromatic rings. The second-order valence-corrected chi connectivity index (χ2v) is 8.02. The van der Waals surface area contributed by atoms with Crippen LogP contribution in [0.2, 0.25) is 5.02 Å². The molecule has 0 radical (unpaired) electrons. The first kappa shape index (κ1) is 15.1. The topological polar surface area (TPSA) is 12.0 Å². The number of hydrogen-bond acceptors (Lipinski definition) is 1. The average Bonchev–Trinajstić information content (AvgIpc) is 3.04. The maximum absolute atomic E-state index is 6.30. The fourth-order valence-electron chi connectivity index (χ4n) is 4.28. The fraction of sp³-hybridized carbons (Fsp3) is 0.647. The highest BCUT2D eigenvalue weighted by Gasteiger charge is 2.40. The van der Waals surface area contributed by atoms with E-state index in [9.17, 15) is 0 Å². The molecule has 0 aromatic heterocycles. The van der Waals surface area contributed by atoms with Gasteiger partial charge in [-0.3, -0.25) is 0 Å². The van der Waals surface area contributed by atoms with E-state index in [1.54, 1.807) is 0 Å². The molecule has 1 N–H and O–H groups in total. The largest absolute Gasteiger partial charge is 0.310 e. The van der Waals surface area contributed by atoms with Crippen LogP contribution in [0.3, 0.4) is 0 Å². The Morgan fingerprint density at radius 1 is 1.35 bits per heavy atom. The Morgan fingerprint density at radius 2 is 2.20 bits per heavy atom. The molecule has 4 unspecified atom stereocenters. The molecule has 110 valence electrons. The van der Waals surface area contributed by atoms with Gasteiger partial charge in [-0.25, -0.2) is 0 Å². The summed E-state index contributed by atoms with van der Waals surface area (Å²) in [7, 11) is 0. The molecule has 3 rings (SSSR count). The Morgan fingerprint density at radius 3 is 2.80 bits per heavy atom. The van der Waals surface area contributed by atoms with Crippen LogP contribution in [0.5, 0.6) is 0 Å². The van der Waals surface area contributed by atoms with Gasteiger partial charge in [0.2, 0.25) is 0 Å². The van der Waals surface area contributed by atoms with Gasteiger partial charge in [0.1, 0.15) is 0 Å². The summed E-state index contributed by atoms with van der Waals surface area (Å²) in [6.45, 7) is 3.22. The van der Waals surface area contributed by atoms with Crippen LogP contribution in [0.15, 0.2) is 18.2 Å². The van der Waals surface area contributed by atoms with E-state index in [0.717, 1.165) is 32.9 Å². The minimum Gasteiger partial charge on any atom is -0.310 e. The summed E-state index contributed by atoms with van der Waals surface area (Å²) in [5.74, 6) is 2.96. The molecule has 2 saturated carbocycles. The summed E-state index contributed by atoms with van der Waals surface area (Å²) >= 11 is 8.60. The molecule has 0 heterocycles. The lowest BCUT2D eigenvalue weighted by Gasteiger charge is -2.27. The lowest BCUT2D eigenvalue weighted by atomic mass is 9.83. The van der Waals surface area contributed by atoms with Crippen molar-refractivity contribution >= 4 is 34.2 Å². The van der Waals surface area contributed by atoms with Crippen molar-refractivity contribution in [2.24, 2.45) is 17.8 Å². The summed E-state index contributed by atoms with van der Waals surface area (Å²) in [4.78, 5) is 0. The van der Waals surface area contributed by atoms with Gasteiger partial charge in [-0.05, 0) is 90.3 Å². The molecule has 2 fully saturated rings.